The van der Waals surface area contributed by atoms with E-state index < -0.39 is 6.10 Å². The first-order valence-electron chi connectivity index (χ1n) is 8.63. The molecule has 0 spiro atoms. The van der Waals surface area contributed by atoms with Crippen LogP contribution in [0.25, 0.3) is 0 Å². The fourth-order valence-electron chi connectivity index (χ4n) is 3.44. The molecule has 1 aromatic carbocycles. The van der Waals surface area contributed by atoms with Crippen LogP contribution in [-0.4, -0.2) is 46.2 Å². The second-order valence-corrected chi connectivity index (χ2v) is 6.60. The molecular formula is C18H21N3O4. The normalized spacial score (nSPS) is 25.7. The van der Waals surface area contributed by atoms with Gasteiger partial charge in [-0.05, 0) is 31.9 Å². The van der Waals surface area contributed by atoms with E-state index >= 15 is 0 Å². The van der Waals surface area contributed by atoms with Crippen molar-refractivity contribution >= 4 is 5.91 Å². The minimum atomic E-state index is -0.638. The van der Waals surface area contributed by atoms with Gasteiger partial charge in [-0.1, -0.05) is 17.3 Å². The third kappa shape index (κ3) is 3.06. The molecule has 1 fully saturated rings. The summed E-state index contributed by atoms with van der Waals surface area (Å²) in [5, 5.41) is 4.01. The van der Waals surface area contributed by atoms with Crippen molar-refractivity contribution in [3.63, 3.8) is 0 Å². The lowest BCUT2D eigenvalue weighted by molar-refractivity contribution is -0.145. The smallest absolute Gasteiger partial charge is 0.267 e. The van der Waals surface area contributed by atoms with Crippen molar-refractivity contribution in [1.82, 2.24) is 15.0 Å². The molecule has 4 rings (SSSR count). The van der Waals surface area contributed by atoms with Gasteiger partial charge in [-0.3, -0.25) is 4.79 Å². The average Bonchev–Trinajstić information content (AvgIpc) is 3.07. The number of fused-ring (bicyclic) bond motifs is 1. The summed E-state index contributed by atoms with van der Waals surface area (Å²) in [6.45, 7) is 4.92. The van der Waals surface area contributed by atoms with Crippen molar-refractivity contribution in [2.24, 2.45) is 0 Å². The van der Waals surface area contributed by atoms with Crippen molar-refractivity contribution in [3.05, 3.63) is 36.0 Å². The summed E-state index contributed by atoms with van der Waals surface area (Å²) < 4.78 is 16.9. The molecular weight excluding hydrogens is 322 g/mol. The predicted molar refractivity (Wildman–Crippen MR) is 88.5 cm³/mol. The SMILES string of the molecule is Cc1nc([C@@H]2CCCN(C(=O)[C@H]3Oc4ccccc4O[C@@H]3C)C2)no1. The Hall–Kier alpha value is -2.57. The van der Waals surface area contributed by atoms with Gasteiger partial charge in [-0.15, -0.1) is 0 Å². The fraction of sp³-hybridized carbons (Fsp3) is 0.500. The Morgan fingerprint density at radius 1 is 1.24 bits per heavy atom. The Morgan fingerprint density at radius 2 is 2.00 bits per heavy atom. The summed E-state index contributed by atoms with van der Waals surface area (Å²) in [6, 6.07) is 7.43. The highest BCUT2D eigenvalue weighted by atomic mass is 16.6. The number of aromatic nitrogens is 2. The molecule has 2 aromatic rings. The average molecular weight is 343 g/mol. The number of carbonyl (C=O) groups excluding carboxylic acids is 1. The van der Waals surface area contributed by atoms with Crippen molar-refractivity contribution in [3.8, 4) is 11.5 Å². The molecule has 0 saturated carbocycles. The van der Waals surface area contributed by atoms with Crippen molar-refractivity contribution in [1.29, 1.82) is 0 Å². The summed E-state index contributed by atoms with van der Waals surface area (Å²) >= 11 is 0. The number of hydrogen-bond acceptors (Lipinski definition) is 6. The van der Waals surface area contributed by atoms with Crippen LogP contribution in [0.4, 0.5) is 0 Å². The van der Waals surface area contributed by atoms with Gasteiger partial charge in [0.2, 0.25) is 12.0 Å². The minimum absolute atomic E-state index is 0.0491. The predicted octanol–water partition coefficient (Wildman–Crippen LogP) is 2.31. The largest absolute Gasteiger partial charge is 0.482 e. The summed E-state index contributed by atoms with van der Waals surface area (Å²) in [5.41, 5.74) is 0. The lowest BCUT2D eigenvalue weighted by atomic mass is 9.96. The van der Waals surface area contributed by atoms with Crippen molar-refractivity contribution in [2.75, 3.05) is 13.1 Å². The highest BCUT2D eigenvalue weighted by molar-refractivity contribution is 5.82. The number of aryl methyl sites for hydroxylation is 1. The van der Waals surface area contributed by atoms with Gasteiger partial charge >= 0.3 is 0 Å². The summed E-state index contributed by atoms with van der Waals surface area (Å²) in [7, 11) is 0. The number of likely N-dealkylation sites (tertiary alicyclic amines) is 1. The minimum Gasteiger partial charge on any atom is -0.482 e. The molecule has 2 aliphatic rings. The van der Waals surface area contributed by atoms with E-state index in [1.165, 1.54) is 0 Å². The number of piperidine rings is 1. The van der Waals surface area contributed by atoms with E-state index in [1.54, 1.807) is 6.92 Å². The summed E-state index contributed by atoms with van der Waals surface area (Å²) in [6.07, 6.45) is 0.877. The molecule has 1 saturated heterocycles. The van der Waals surface area contributed by atoms with E-state index in [0.29, 0.717) is 36.3 Å². The van der Waals surface area contributed by atoms with Crippen LogP contribution in [0.3, 0.4) is 0 Å². The highest BCUT2D eigenvalue weighted by Gasteiger charge is 2.38. The maximum atomic E-state index is 13.0. The molecule has 0 radical (unpaired) electrons. The Labute approximate surface area is 145 Å². The molecule has 7 heteroatoms. The molecule has 3 atom stereocenters. The Morgan fingerprint density at radius 3 is 2.72 bits per heavy atom. The lowest BCUT2D eigenvalue weighted by Crippen LogP contribution is -2.52. The zero-order chi connectivity index (χ0) is 17.4. The second kappa shape index (κ2) is 6.38. The van der Waals surface area contributed by atoms with Crippen LogP contribution >= 0.6 is 0 Å². The van der Waals surface area contributed by atoms with Crippen LogP contribution in [-0.2, 0) is 4.79 Å². The Kier molecular flexibility index (Phi) is 4.07. The third-order valence-electron chi connectivity index (χ3n) is 4.73. The van der Waals surface area contributed by atoms with Gasteiger partial charge < -0.3 is 18.9 Å². The van der Waals surface area contributed by atoms with E-state index in [4.69, 9.17) is 14.0 Å². The molecule has 1 amide bonds. The lowest BCUT2D eigenvalue weighted by Gasteiger charge is -2.37. The van der Waals surface area contributed by atoms with Gasteiger partial charge in [-0.25, -0.2) is 0 Å². The molecule has 132 valence electrons. The van der Waals surface area contributed by atoms with Gasteiger partial charge in [0.1, 0.15) is 6.10 Å². The van der Waals surface area contributed by atoms with Gasteiger partial charge in [0.15, 0.2) is 17.3 Å². The summed E-state index contributed by atoms with van der Waals surface area (Å²) in [4.78, 5) is 19.2. The molecule has 0 N–H and O–H groups in total. The van der Waals surface area contributed by atoms with Crippen LogP contribution in [0.2, 0.25) is 0 Å². The van der Waals surface area contributed by atoms with Crippen LogP contribution in [0.1, 0.15) is 37.4 Å². The van der Waals surface area contributed by atoms with Crippen LogP contribution in [0, 0.1) is 6.92 Å². The molecule has 7 nitrogen and oxygen atoms in total. The maximum Gasteiger partial charge on any atom is 0.267 e. The van der Waals surface area contributed by atoms with Crippen LogP contribution < -0.4 is 9.47 Å². The van der Waals surface area contributed by atoms with Gasteiger partial charge in [0.05, 0.1) is 0 Å². The molecule has 2 aliphatic heterocycles. The maximum absolute atomic E-state index is 13.0. The third-order valence-corrected chi connectivity index (χ3v) is 4.73. The topological polar surface area (TPSA) is 77.7 Å². The highest BCUT2D eigenvalue weighted by Crippen LogP contribution is 2.34. The van der Waals surface area contributed by atoms with E-state index in [2.05, 4.69) is 10.1 Å². The van der Waals surface area contributed by atoms with Crippen molar-refractivity contribution in [2.45, 2.75) is 44.8 Å². The van der Waals surface area contributed by atoms with Gasteiger partial charge in [0, 0.05) is 25.9 Å². The van der Waals surface area contributed by atoms with Crippen LogP contribution in [0.15, 0.2) is 28.8 Å². The van der Waals surface area contributed by atoms with E-state index in [9.17, 15) is 4.79 Å². The van der Waals surface area contributed by atoms with Gasteiger partial charge in [0.25, 0.3) is 5.91 Å². The molecule has 0 bridgehead atoms. The number of hydrogen-bond donors (Lipinski definition) is 0. The second-order valence-electron chi connectivity index (χ2n) is 6.60. The quantitative estimate of drug-likeness (QED) is 0.833. The fourth-order valence-corrected chi connectivity index (χ4v) is 3.44. The number of amides is 1. The molecule has 0 unspecified atom stereocenters. The molecule has 1 aromatic heterocycles. The monoisotopic (exact) mass is 343 g/mol. The molecule has 0 aliphatic carbocycles. The van der Waals surface area contributed by atoms with Gasteiger partial charge in [-0.2, -0.15) is 4.98 Å². The number of ether oxygens (including phenoxy) is 2. The standard InChI is InChI=1S/C18H21N3O4/c1-11-16(24-15-8-4-3-7-14(15)23-11)18(22)21-9-5-6-13(10-21)17-19-12(2)25-20-17/h3-4,7-8,11,13,16H,5-6,9-10H2,1-2H3/t11-,13-,16+/m1/s1. The first-order valence-corrected chi connectivity index (χ1v) is 8.63. The Bertz CT molecular complexity index is 775. The zero-order valence-electron chi connectivity index (χ0n) is 14.3. The van der Waals surface area contributed by atoms with E-state index in [0.717, 1.165) is 12.8 Å². The zero-order valence-corrected chi connectivity index (χ0v) is 14.3. The Balaban J connectivity index is 1.49. The van der Waals surface area contributed by atoms with Crippen LogP contribution in [0.5, 0.6) is 11.5 Å². The number of carbonyl (C=O) groups is 1. The van der Waals surface area contributed by atoms with Crippen molar-refractivity contribution < 1.29 is 18.8 Å². The molecule has 25 heavy (non-hydrogen) atoms. The molecule has 3 heterocycles. The van der Waals surface area contributed by atoms with E-state index in [-0.39, 0.29) is 17.9 Å². The number of nitrogens with zero attached hydrogens (tertiary/aromatic N) is 3. The number of rotatable bonds is 2. The number of para-hydroxylation sites is 2. The number of benzene rings is 1. The first-order chi connectivity index (χ1) is 12.1. The summed E-state index contributed by atoms with van der Waals surface area (Å²) in [5.74, 6) is 2.57. The van der Waals surface area contributed by atoms with E-state index in [1.807, 2.05) is 36.1 Å². The first kappa shape index (κ1) is 15.9.